The second-order valence-electron chi connectivity index (χ2n) is 6.15. The number of amides is 1. The third-order valence-corrected chi connectivity index (χ3v) is 6.44. The van der Waals surface area contributed by atoms with Crippen molar-refractivity contribution in [3.8, 4) is 17.6 Å². The van der Waals surface area contributed by atoms with Crippen LogP contribution < -0.4 is 19.5 Å². The van der Waals surface area contributed by atoms with E-state index < -0.39 is 15.9 Å². The lowest BCUT2D eigenvalue weighted by atomic mass is 10.2. The molecule has 0 atom stereocenters. The molecule has 32 heavy (non-hydrogen) atoms. The summed E-state index contributed by atoms with van der Waals surface area (Å²) >= 11 is 6.43. The van der Waals surface area contributed by atoms with Gasteiger partial charge in [0.15, 0.2) is 5.82 Å². The van der Waals surface area contributed by atoms with Gasteiger partial charge in [-0.25, -0.2) is 8.42 Å². The molecule has 0 aliphatic rings. The number of carbonyl (C=O) groups excluding carboxylic acids is 1. The van der Waals surface area contributed by atoms with E-state index in [9.17, 15) is 18.3 Å². The summed E-state index contributed by atoms with van der Waals surface area (Å²) in [5.74, 6) is -0.708. The lowest BCUT2D eigenvalue weighted by Crippen LogP contribution is -2.15. The Balaban J connectivity index is 1.78. The van der Waals surface area contributed by atoms with Gasteiger partial charge in [0.05, 0.1) is 29.2 Å². The Hall–Kier alpha value is -2.90. The summed E-state index contributed by atoms with van der Waals surface area (Å²) in [5.41, 5.74) is 0.367. The average Bonchev–Trinajstić information content (AvgIpc) is 2.75. The second kappa shape index (κ2) is 9.71. The van der Waals surface area contributed by atoms with Gasteiger partial charge in [-0.2, -0.15) is 9.97 Å². The van der Waals surface area contributed by atoms with E-state index in [-0.39, 0.29) is 33.9 Å². The Kier molecular flexibility index (Phi) is 7.21. The number of carbonyl (C=O) groups is 1. The zero-order valence-electron chi connectivity index (χ0n) is 16.6. The second-order valence-corrected chi connectivity index (χ2v) is 9.60. The van der Waals surface area contributed by atoms with Gasteiger partial charge in [0.1, 0.15) is 5.75 Å². The molecule has 10 nitrogen and oxygen atoms in total. The van der Waals surface area contributed by atoms with Gasteiger partial charge < -0.3 is 19.9 Å². The number of halogens is 2. The van der Waals surface area contributed by atoms with E-state index in [1.807, 2.05) is 0 Å². The topological polar surface area (TPSA) is 140 Å². The highest BCUT2D eigenvalue weighted by Crippen LogP contribution is 2.32. The number of ether oxygens (including phenoxy) is 2. The standard InChI is InChI=1S/C19H16Br2N4O6S/c1-30-16-9-15(23-19(24-16)31-2)25-32(28,29)12-5-3-11(4-6-12)22-18(27)13-7-10(20)8-14(21)17(13)26/h3-9,26H,1-2H3,(H,22,27)(H,23,24,25). The van der Waals surface area contributed by atoms with E-state index in [1.165, 1.54) is 50.6 Å². The Morgan fingerprint density at radius 1 is 1.03 bits per heavy atom. The Labute approximate surface area is 200 Å². The zero-order chi connectivity index (χ0) is 23.5. The van der Waals surface area contributed by atoms with Crippen LogP contribution in [-0.4, -0.2) is 43.6 Å². The van der Waals surface area contributed by atoms with Crippen molar-refractivity contribution in [2.75, 3.05) is 24.3 Å². The minimum absolute atomic E-state index is 0.0382. The number of anilines is 2. The first-order valence-corrected chi connectivity index (χ1v) is 11.8. The third-order valence-electron chi connectivity index (χ3n) is 4.01. The molecule has 0 spiro atoms. The van der Waals surface area contributed by atoms with Crippen molar-refractivity contribution in [2.45, 2.75) is 4.90 Å². The number of hydrogen-bond acceptors (Lipinski definition) is 8. The number of rotatable bonds is 7. The van der Waals surface area contributed by atoms with Crippen molar-refractivity contribution in [3.05, 3.63) is 57.0 Å². The molecule has 0 saturated carbocycles. The molecule has 0 unspecified atom stereocenters. The van der Waals surface area contributed by atoms with Crippen LogP contribution in [0.4, 0.5) is 11.5 Å². The molecular weight excluding hydrogens is 572 g/mol. The predicted octanol–water partition coefficient (Wildman–Crippen LogP) is 3.78. The van der Waals surface area contributed by atoms with E-state index in [0.717, 1.165) is 0 Å². The van der Waals surface area contributed by atoms with Crippen LogP contribution in [0.15, 0.2) is 56.3 Å². The molecule has 3 rings (SSSR count). The van der Waals surface area contributed by atoms with Gasteiger partial charge >= 0.3 is 6.01 Å². The maximum atomic E-state index is 12.7. The fourth-order valence-electron chi connectivity index (χ4n) is 2.50. The monoisotopic (exact) mass is 586 g/mol. The fourth-order valence-corrected chi connectivity index (χ4v) is 4.72. The molecule has 0 fully saturated rings. The molecular formula is C19H16Br2N4O6S. The van der Waals surface area contributed by atoms with E-state index in [4.69, 9.17) is 9.47 Å². The van der Waals surface area contributed by atoms with Crippen LogP contribution in [0, 0.1) is 0 Å². The summed E-state index contributed by atoms with van der Waals surface area (Å²) in [7, 11) is -1.28. The van der Waals surface area contributed by atoms with Gasteiger partial charge in [-0.05, 0) is 52.3 Å². The summed E-state index contributed by atoms with van der Waals surface area (Å²) in [6, 6.07) is 9.74. The molecule has 0 saturated heterocycles. The van der Waals surface area contributed by atoms with Gasteiger partial charge in [0.25, 0.3) is 15.9 Å². The van der Waals surface area contributed by atoms with Crippen LogP contribution in [0.5, 0.6) is 17.6 Å². The van der Waals surface area contributed by atoms with Crippen LogP contribution in [0.1, 0.15) is 10.4 Å². The molecule has 0 aliphatic carbocycles. The largest absolute Gasteiger partial charge is 0.506 e. The number of nitrogens with one attached hydrogen (secondary N) is 2. The van der Waals surface area contributed by atoms with Gasteiger partial charge in [0, 0.05) is 16.2 Å². The minimum atomic E-state index is -4.00. The SMILES string of the molecule is COc1cc(NS(=O)(=O)c2ccc(NC(=O)c3cc(Br)cc(Br)c3O)cc2)nc(OC)n1. The normalized spacial score (nSPS) is 11.0. The number of aromatic nitrogens is 2. The first kappa shape index (κ1) is 23.8. The predicted molar refractivity (Wildman–Crippen MR) is 124 cm³/mol. The smallest absolute Gasteiger partial charge is 0.321 e. The molecule has 1 aromatic heterocycles. The molecule has 168 valence electrons. The summed E-state index contributed by atoms with van der Waals surface area (Å²) in [6.45, 7) is 0. The van der Waals surface area contributed by atoms with Crippen LogP contribution in [0.3, 0.4) is 0 Å². The Morgan fingerprint density at radius 2 is 1.72 bits per heavy atom. The molecule has 1 amide bonds. The summed E-state index contributed by atoms with van der Waals surface area (Å²) < 4.78 is 38.6. The van der Waals surface area contributed by atoms with E-state index >= 15 is 0 Å². The Bertz CT molecular complexity index is 1250. The molecule has 0 bridgehead atoms. The summed E-state index contributed by atoms with van der Waals surface area (Å²) in [5, 5.41) is 12.7. The number of sulfonamides is 1. The van der Waals surface area contributed by atoms with Crippen molar-refractivity contribution < 1.29 is 27.8 Å². The number of methoxy groups -OCH3 is 2. The molecule has 2 aromatic carbocycles. The molecule has 3 N–H and O–H groups in total. The fraction of sp³-hybridized carbons (Fsp3) is 0.105. The van der Waals surface area contributed by atoms with Gasteiger partial charge in [0.2, 0.25) is 5.88 Å². The summed E-state index contributed by atoms with van der Waals surface area (Å²) in [6.07, 6.45) is 0. The van der Waals surface area contributed by atoms with Crippen LogP contribution in [0.2, 0.25) is 0 Å². The van der Waals surface area contributed by atoms with Gasteiger partial charge in [-0.15, -0.1) is 0 Å². The van der Waals surface area contributed by atoms with Crippen LogP contribution in [0.25, 0.3) is 0 Å². The summed E-state index contributed by atoms with van der Waals surface area (Å²) in [4.78, 5) is 20.3. The van der Waals surface area contributed by atoms with E-state index in [2.05, 4.69) is 51.9 Å². The molecule has 1 heterocycles. The maximum Gasteiger partial charge on any atom is 0.321 e. The van der Waals surface area contributed by atoms with Gasteiger partial charge in [-0.3, -0.25) is 9.52 Å². The zero-order valence-corrected chi connectivity index (χ0v) is 20.6. The van der Waals surface area contributed by atoms with Crippen molar-refractivity contribution in [3.63, 3.8) is 0 Å². The quantitative estimate of drug-likeness (QED) is 0.379. The highest BCUT2D eigenvalue weighted by molar-refractivity contribution is 9.11. The number of benzene rings is 2. The van der Waals surface area contributed by atoms with E-state index in [1.54, 1.807) is 6.07 Å². The van der Waals surface area contributed by atoms with Crippen molar-refractivity contribution >= 4 is 59.3 Å². The number of phenols is 1. The van der Waals surface area contributed by atoms with Gasteiger partial charge in [-0.1, -0.05) is 15.9 Å². The Morgan fingerprint density at radius 3 is 2.34 bits per heavy atom. The lowest BCUT2D eigenvalue weighted by Gasteiger charge is -2.11. The minimum Gasteiger partial charge on any atom is -0.506 e. The molecule has 3 aromatic rings. The van der Waals surface area contributed by atoms with Crippen LogP contribution in [-0.2, 0) is 10.0 Å². The maximum absolute atomic E-state index is 12.7. The number of nitrogens with zero attached hydrogens (tertiary/aromatic N) is 2. The van der Waals surface area contributed by atoms with Crippen LogP contribution >= 0.6 is 31.9 Å². The van der Waals surface area contributed by atoms with Crippen molar-refractivity contribution in [1.29, 1.82) is 0 Å². The average molecular weight is 588 g/mol. The number of phenolic OH excluding ortho intramolecular Hbond substituents is 1. The molecule has 13 heteroatoms. The van der Waals surface area contributed by atoms with Crippen molar-refractivity contribution in [2.24, 2.45) is 0 Å². The lowest BCUT2D eigenvalue weighted by molar-refractivity contribution is 0.102. The van der Waals surface area contributed by atoms with Crippen molar-refractivity contribution in [1.82, 2.24) is 9.97 Å². The number of aromatic hydroxyl groups is 1. The van der Waals surface area contributed by atoms with E-state index in [0.29, 0.717) is 14.6 Å². The highest BCUT2D eigenvalue weighted by Gasteiger charge is 2.18. The molecule has 0 radical (unpaired) electrons. The first-order chi connectivity index (χ1) is 15.1. The molecule has 0 aliphatic heterocycles. The first-order valence-electron chi connectivity index (χ1n) is 8.72. The highest BCUT2D eigenvalue weighted by atomic mass is 79.9. The third kappa shape index (κ3) is 5.47. The number of hydrogen-bond donors (Lipinski definition) is 3.